The fourth-order valence-electron chi connectivity index (χ4n) is 2.39. The zero-order valence-corrected chi connectivity index (χ0v) is 13.6. The molecular formula is C16H14N2O5S. The summed E-state index contributed by atoms with van der Waals surface area (Å²) < 4.78 is 30.6. The average Bonchev–Trinajstić information content (AvgIpc) is 2.77. The van der Waals surface area contributed by atoms with Crippen molar-refractivity contribution >= 4 is 21.7 Å². The van der Waals surface area contributed by atoms with Crippen LogP contribution in [-0.4, -0.2) is 42.5 Å². The largest absolute Gasteiger partial charge is 0.494 e. The molecular weight excluding hydrogens is 332 g/mol. The van der Waals surface area contributed by atoms with Gasteiger partial charge in [-0.1, -0.05) is 0 Å². The van der Waals surface area contributed by atoms with Gasteiger partial charge in [-0.15, -0.1) is 0 Å². The SMILES string of the molecule is CCOc1ccc(C(=O)CN2C(=O)c3cccnc3S2(=O)=O)cc1. The van der Waals surface area contributed by atoms with Crippen molar-refractivity contribution in [3.8, 4) is 5.75 Å². The van der Waals surface area contributed by atoms with Crippen molar-refractivity contribution in [2.24, 2.45) is 0 Å². The molecule has 0 fully saturated rings. The summed E-state index contributed by atoms with van der Waals surface area (Å²) in [5.74, 6) is -0.615. The first-order valence-corrected chi connectivity index (χ1v) is 8.67. The van der Waals surface area contributed by atoms with Crippen molar-refractivity contribution in [1.82, 2.24) is 9.29 Å². The summed E-state index contributed by atoms with van der Waals surface area (Å²) in [5, 5.41) is -0.311. The lowest BCUT2D eigenvalue weighted by atomic mass is 10.1. The molecule has 2 aromatic rings. The summed E-state index contributed by atoms with van der Waals surface area (Å²) >= 11 is 0. The summed E-state index contributed by atoms with van der Waals surface area (Å²) in [6.07, 6.45) is 1.29. The van der Waals surface area contributed by atoms with Gasteiger partial charge in [-0.3, -0.25) is 9.59 Å². The number of sulfonamides is 1. The third-order valence-corrected chi connectivity index (χ3v) is 5.23. The number of aromatic nitrogens is 1. The topological polar surface area (TPSA) is 93.6 Å². The minimum atomic E-state index is -4.09. The van der Waals surface area contributed by atoms with Gasteiger partial charge in [0.05, 0.1) is 12.2 Å². The summed E-state index contributed by atoms with van der Waals surface area (Å²) in [4.78, 5) is 28.3. The third kappa shape index (κ3) is 2.65. The predicted molar refractivity (Wildman–Crippen MR) is 84.4 cm³/mol. The van der Waals surface area contributed by atoms with E-state index < -0.39 is 28.3 Å². The Bertz CT molecular complexity index is 906. The number of amides is 1. The second-order valence-electron chi connectivity index (χ2n) is 5.05. The summed E-state index contributed by atoms with van der Waals surface area (Å²) in [7, 11) is -4.09. The number of hydrogen-bond donors (Lipinski definition) is 0. The van der Waals surface area contributed by atoms with Gasteiger partial charge in [0.1, 0.15) is 12.3 Å². The van der Waals surface area contributed by atoms with E-state index in [0.717, 1.165) is 0 Å². The molecule has 1 aromatic carbocycles. The smallest absolute Gasteiger partial charge is 0.285 e. The van der Waals surface area contributed by atoms with Crippen LogP contribution in [0.2, 0.25) is 0 Å². The van der Waals surface area contributed by atoms with Gasteiger partial charge in [-0.05, 0) is 43.3 Å². The van der Waals surface area contributed by atoms with E-state index in [1.807, 2.05) is 6.92 Å². The number of hydrogen-bond acceptors (Lipinski definition) is 6. The molecule has 0 unspecified atom stereocenters. The molecule has 0 spiro atoms. The van der Waals surface area contributed by atoms with Crippen LogP contribution in [0.15, 0.2) is 47.6 Å². The van der Waals surface area contributed by atoms with Crippen molar-refractivity contribution in [2.45, 2.75) is 11.9 Å². The number of nitrogens with zero attached hydrogens (tertiary/aromatic N) is 2. The predicted octanol–water partition coefficient (Wildman–Crippen LogP) is 1.51. The monoisotopic (exact) mass is 346 g/mol. The molecule has 24 heavy (non-hydrogen) atoms. The van der Waals surface area contributed by atoms with E-state index in [2.05, 4.69) is 4.98 Å². The van der Waals surface area contributed by atoms with E-state index in [4.69, 9.17) is 4.74 Å². The van der Waals surface area contributed by atoms with Gasteiger partial charge in [-0.2, -0.15) is 8.42 Å². The number of Topliss-reactive ketones (excluding diaryl/α,β-unsaturated/α-hetero) is 1. The number of benzene rings is 1. The second kappa shape index (κ2) is 6.04. The lowest BCUT2D eigenvalue weighted by molar-refractivity contribution is 0.0820. The number of pyridine rings is 1. The third-order valence-electron chi connectivity index (χ3n) is 3.54. The molecule has 0 aliphatic carbocycles. The van der Waals surface area contributed by atoms with Crippen LogP contribution in [0.5, 0.6) is 5.75 Å². The second-order valence-corrected chi connectivity index (χ2v) is 6.83. The minimum Gasteiger partial charge on any atom is -0.494 e. The molecule has 0 saturated carbocycles. The maximum Gasteiger partial charge on any atom is 0.285 e. The first kappa shape index (κ1) is 16.1. The fourth-order valence-corrected chi connectivity index (χ4v) is 3.83. The zero-order valence-electron chi connectivity index (χ0n) is 12.8. The standard InChI is InChI=1S/C16H14N2O5S/c1-2-23-12-7-5-11(6-8-12)14(19)10-18-16(20)13-4-3-9-17-15(13)24(18,21)22/h3-9H,2,10H2,1H3. The van der Waals surface area contributed by atoms with E-state index in [0.29, 0.717) is 22.2 Å². The Morgan fingerprint density at radius 2 is 1.92 bits per heavy atom. The van der Waals surface area contributed by atoms with Crippen LogP contribution in [-0.2, 0) is 10.0 Å². The molecule has 3 rings (SSSR count). The highest BCUT2D eigenvalue weighted by Crippen LogP contribution is 2.28. The molecule has 2 heterocycles. The summed E-state index contributed by atoms with van der Waals surface area (Å²) in [6, 6.07) is 9.16. The van der Waals surface area contributed by atoms with Crippen LogP contribution < -0.4 is 4.74 Å². The molecule has 0 N–H and O–H groups in total. The lowest BCUT2D eigenvalue weighted by Crippen LogP contribution is -2.35. The molecule has 0 radical (unpaired) electrons. The molecule has 0 atom stereocenters. The van der Waals surface area contributed by atoms with Crippen LogP contribution in [0.1, 0.15) is 27.6 Å². The summed E-state index contributed by atoms with van der Waals surface area (Å²) in [5.41, 5.74) is 0.280. The maximum atomic E-state index is 12.4. The Labute approximate surface area is 138 Å². The highest BCUT2D eigenvalue weighted by atomic mass is 32.2. The number of fused-ring (bicyclic) bond motifs is 1. The van der Waals surface area contributed by atoms with E-state index in [1.54, 1.807) is 12.1 Å². The first-order valence-electron chi connectivity index (χ1n) is 7.23. The molecule has 1 amide bonds. The molecule has 1 aliphatic heterocycles. The number of carbonyl (C=O) groups excluding carboxylic acids is 2. The zero-order chi connectivity index (χ0) is 17.3. The van der Waals surface area contributed by atoms with Gasteiger partial charge < -0.3 is 4.74 Å². The van der Waals surface area contributed by atoms with E-state index >= 15 is 0 Å². The maximum absolute atomic E-state index is 12.4. The van der Waals surface area contributed by atoms with Crippen LogP contribution in [0.3, 0.4) is 0 Å². The van der Waals surface area contributed by atoms with Crippen molar-refractivity contribution < 1.29 is 22.7 Å². The van der Waals surface area contributed by atoms with Crippen molar-refractivity contribution in [2.75, 3.05) is 13.2 Å². The molecule has 0 bridgehead atoms. The normalized spacial score (nSPS) is 15.2. The van der Waals surface area contributed by atoms with Gasteiger partial charge in [-0.25, -0.2) is 9.29 Å². The highest BCUT2D eigenvalue weighted by molar-refractivity contribution is 7.90. The van der Waals surface area contributed by atoms with Crippen LogP contribution >= 0.6 is 0 Å². The number of rotatable bonds is 5. The molecule has 124 valence electrons. The molecule has 0 saturated heterocycles. The average molecular weight is 346 g/mol. The van der Waals surface area contributed by atoms with Crippen LogP contribution in [0.25, 0.3) is 0 Å². The van der Waals surface area contributed by atoms with Gasteiger partial charge in [0.2, 0.25) is 0 Å². The Morgan fingerprint density at radius 3 is 2.54 bits per heavy atom. The van der Waals surface area contributed by atoms with E-state index in [9.17, 15) is 18.0 Å². The van der Waals surface area contributed by atoms with E-state index in [1.165, 1.54) is 30.5 Å². The Morgan fingerprint density at radius 1 is 1.21 bits per heavy atom. The van der Waals surface area contributed by atoms with Crippen LogP contribution in [0, 0.1) is 0 Å². The molecule has 1 aliphatic rings. The van der Waals surface area contributed by atoms with Crippen molar-refractivity contribution in [3.05, 3.63) is 53.7 Å². The number of ketones is 1. The van der Waals surface area contributed by atoms with E-state index in [-0.39, 0.29) is 10.6 Å². The quantitative estimate of drug-likeness (QED) is 0.762. The first-order chi connectivity index (χ1) is 11.4. The lowest BCUT2D eigenvalue weighted by Gasteiger charge is -2.13. The van der Waals surface area contributed by atoms with Crippen LogP contribution in [0.4, 0.5) is 0 Å². The minimum absolute atomic E-state index is 0.0167. The van der Waals surface area contributed by atoms with Gasteiger partial charge >= 0.3 is 0 Å². The van der Waals surface area contributed by atoms with Gasteiger partial charge in [0.25, 0.3) is 15.9 Å². The highest BCUT2D eigenvalue weighted by Gasteiger charge is 2.43. The molecule has 7 nitrogen and oxygen atoms in total. The van der Waals surface area contributed by atoms with Gasteiger partial charge in [0, 0.05) is 11.8 Å². The number of carbonyl (C=O) groups is 2. The Kier molecular flexibility index (Phi) is 4.06. The van der Waals surface area contributed by atoms with Crippen molar-refractivity contribution in [3.63, 3.8) is 0 Å². The number of ether oxygens (including phenoxy) is 1. The Hall–Kier alpha value is -2.74. The van der Waals surface area contributed by atoms with Gasteiger partial charge in [0.15, 0.2) is 10.8 Å². The Balaban J connectivity index is 1.84. The summed E-state index contributed by atoms with van der Waals surface area (Å²) in [6.45, 7) is 1.78. The molecule has 8 heteroatoms. The fraction of sp³-hybridized carbons (Fsp3) is 0.188. The van der Waals surface area contributed by atoms with Crippen molar-refractivity contribution in [1.29, 1.82) is 0 Å². The molecule has 1 aromatic heterocycles.